The van der Waals surface area contributed by atoms with Gasteiger partial charge in [0.15, 0.2) is 0 Å². The van der Waals surface area contributed by atoms with Gasteiger partial charge in [-0.15, -0.1) is 0 Å². The van der Waals surface area contributed by atoms with Crippen molar-refractivity contribution in [1.29, 1.82) is 0 Å². The number of hydrogen-bond donors (Lipinski definition) is 2. The number of hydrogen-bond acceptors (Lipinski definition) is 3. The van der Waals surface area contributed by atoms with Gasteiger partial charge in [-0.05, 0) is 36.1 Å². The van der Waals surface area contributed by atoms with E-state index in [0.29, 0.717) is 0 Å². The van der Waals surface area contributed by atoms with Gasteiger partial charge in [-0.2, -0.15) is 0 Å². The first-order valence-electron chi connectivity index (χ1n) is 10.4. The summed E-state index contributed by atoms with van der Waals surface area (Å²) in [5.41, 5.74) is -0.374. The number of fused-ring (bicyclic) bond motifs is 1. The van der Waals surface area contributed by atoms with Gasteiger partial charge in [-0.3, -0.25) is 14.5 Å². The van der Waals surface area contributed by atoms with Crippen molar-refractivity contribution >= 4 is 28.6 Å². The summed E-state index contributed by atoms with van der Waals surface area (Å²) < 4.78 is 0. The molecule has 2 fully saturated rings. The Morgan fingerprint density at radius 3 is 2.62 bits per heavy atom. The molecule has 2 aliphatic rings. The topological polar surface area (TPSA) is 78.5 Å². The van der Waals surface area contributed by atoms with Crippen LogP contribution in [0.15, 0.2) is 42.5 Å². The molecule has 1 aliphatic carbocycles. The Labute approximate surface area is 170 Å². The molecule has 0 radical (unpaired) electrons. The molecule has 1 aliphatic heterocycles. The summed E-state index contributed by atoms with van der Waals surface area (Å²) in [6, 6.07) is 13.3. The number of nitrogens with one attached hydrogen (secondary N) is 2. The third-order valence-electron chi connectivity index (χ3n) is 6.14. The SMILES string of the molecule is C[C@]1(c2cccc3ccccc23)NC(=O)N(CCC(=O)NC2CCCCC2)C1=O. The number of imide groups is 1. The molecule has 6 nitrogen and oxygen atoms in total. The van der Waals surface area contributed by atoms with Gasteiger partial charge in [-0.25, -0.2) is 4.79 Å². The molecule has 0 aromatic heterocycles. The van der Waals surface area contributed by atoms with Crippen molar-refractivity contribution in [3.63, 3.8) is 0 Å². The minimum Gasteiger partial charge on any atom is -0.353 e. The minimum absolute atomic E-state index is 0.0869. The molecular formula is C23H27N3O3. The molecule has 152 valence electrons. The maximum Gasteiger partial charge on any atom is 0.325 e. The quantitative estimate of drug-likeness (QED) is 0.764. The summed E-state index contributed by atoms with van der Waals surface area (Å²) in [6.45, 7) is 1.82. The van der Waals surface area contributed by atoms with Crippen molar-refractivity contribution in [3.05, 3.63) is 48.0 Å². The smallest absolute Gasteiger partial charge is 0.325 e. The summed E-state index contributed by atoms with van der Waals surface area (Å²) in [7, 11) is 0. The van der Waals surface area contributed by atoms with E-state index in [9.17, 15) is 14.4 Å². The summed E-state index contributed by atoms with van der Waals surface area (Å²) in [5, 5.41) is 7.84. The van der Waals surface area contributed by atoms with Crippen LogP contribution < -0.4 is 10.6 Å². The van der Waals surface area contributed by atoms with Crippen LogP contribution in [0.2, 0.25) is 0 Å². The van der Waals surface area contributed by atoms with Crippen LogP contribution in [0.25, 0.3) is 10.8 Å². The average Bonchev–Trinajstić information content (AvgIpc) is 2.95. The van der Waals surface area contributed by atoms with Crippen LogP contribution in [0.5, 0.6) is 0 Å². The van der Waals surface area contributed by atoms with Crippen LogP contribution >= 0.6 is 0 Å². The van der Waals surface area contributed by atoms with Crippen LogP contribution in [-0.2, 0) is 15.1 Å². The zero-order valence-electron chi connectivity index (χ0n) is 16.7. The Bertz CT molecular complexity index is 946. The highest BCUT2D eigenvalue weighted by Crippen LogP contribution is 2.33. The van der Waals surface area contributed by atoms with E-state index in [1.807, 2.05) is 42.5 Å². The fourth-order valence-electron chi connectivity index (χ4n) is 4.50. The standard InChI is InChI=1S/C23H27N3O3/c1-23(19-13-7-9-16-8-5-6-12-18(16)19)21(28)26(22(29)25-23)15-14-20(27)24-17-10-3-2-4-11-17/h5-9,12-13,17H,2-4,10-11,14-15H2,1H3,(H,24,27)(H,25,29)/t23-/m1/s1. The highest BCUT2D eigenvalue weighted by Gasteiger charge is 2.49. The second kappa shape index (κ2) is 7.85. The molecule has 2 aromatic carbocycles. The number of carbonyl (C=O) groups is 3. The van der Waals surface area contributed by atoms with E-state index in [2.05, 4.69) is 10.6 Å². The van der Waals surface area contributed by atoms with E-state index in [4.69, 9.17) is 0 Å². The van der Waals surface area contributed by atoms with Crippen molar-refractivity contribution in [1.82, 2.24) is 15.5 Å². The van der Waals surface area contributed by atoms with Crippen LogP contribution in [0.3, 0.4) is 0 Å². The summed E-state index contributed by atoms with van der Waals surface area (Å²) in [5.74, 6) is -0.416. The van der Waals surface area contributed by atoms with E-state index < -0.39 is 11.6 Å². The van der Waals surface area contributed by atoms with Gasteiger partial charge in [-0.1, -0.05) is 61.7 Å². The van der Waals surface area contributed by atoms with Crippen LogP contribution in [-0.4, -0.2) is 35.3 Å². The van der Waals surface area contributed by atoms with Crippen LogP contribution in [0.1, 0.15) is 51.0 Å². The van der Waals surface area contributed by atoms with Crippen LogP contribution in [0, 0.1) is 0 Å². The number of nitrogens with zero attached hydrogens (tertiary/aromatic N) is 1. The van der Waals surface area contributed by atoms with E-state index >= 15 is 0 Å². The van der Waals surface area contributed by atoms with Gasteiger partial charge in [0, 0.05) is 19.0 Å². The molecule has 29 heavy (non-hydrogen) atoms. The monoisotopic (exact) mass is 393 g/mol. The second-order valence-electron chi connectivity index (χ2n) is 8.19. The fraction of sp³-hybridized carbons (Fsp3) is 0.435. The second-order valence-corrected chi connectivity index (χ2v) is 8.19. The Balaban J connectivity index is 1.47. The molecule has 4 amide bonds. The number of rotatable bonds is 5. The first kappa shape index (κ1) is 19.4. The number of urea groups is 1. The predicted octanol–water partition coefficient (Wildman–Crippen LogP) is 3.45. The molecule has 6 heteroatoms. The van der Waals surface area contributed by atoms with E-state index in [0.717, 1.165) is 42.0 Å². The molecule has 1 saturated heterocycles. The number of amides is 4. The van der Waals surface area contributed by atoms with Gasteiger partial charge in [0.1, 0.15) is 5.54 Å². The fourth-order valence-corrected chi connectivity index (χ4v) is 4.50. The molecule has 2 aromatic rings. The molecule has 1 atom stereocenters. The van der Waals surface area contributed by atoms with E-state index in [-0.39, 0.29) is 30.8 Å². The lowest BCUT2D eigenvalue weighted by atomic mass is 9.88. The minimum atomic E-state index is -1.14. The normalized spacial score (nSPS) is 22.7. The lowest BCUT2D eigenvalue weighted by Crippen LogP contribution is -2.42. The third kappa shape index (κ3) is 3.71. The highest BCUT2D eigenvalue weighted by atomic mass is 16.2. The molecule has 0 bridgehead atoms. The van der Waals surface area contributed by atoms with E-state index in [1.54, 1.807) is 6.92 Å². The van der Waals surface area contributed by atoms with Gasteiger partial charge in [0.25, 0.3) is 5.91 Å². The summed E-state index contributed by atoms with van der Waals surface area (Å²) in [4.78, 5) is 39.2. The maximum absolute atomic E-state index is 13.2. The summed E-state index contributed by atoms with van der Waals surface area (Å²) >= 11 is 0. The largest absolute Gasteiger partial charge is 0.353 e. The Morgan fingerprint density at radius 2 is 1.83 bits per heavy atom. The van der Waals surface area contributed by atoms with E-state index in [1.165, 1.54) is 11.3 Å². The Kier molecular flexibility index (Phi) is 5.26. The lowest BCUT2D eigenvalue weighted by Gasteiger charge is -2.24. The van der Waals surface area contributed by atoms with Crippen molar-refractivity contribution in [2.24, 2.45) is 0 Å². The molecule has 1 heterocycles. The lowest BCUT2D eigenvalue weighted by molar-refractivity contribution is -0.131. The first-order valence-corrected chi connectivity index (χ1v) is 10.4. The predicted molar refractivity (Wildman–Crippen MR) is 111 cm³/mol. The summed E-state index contributed by atoms with van der Waals surface area (Å²) in [6.07, 6.45) is 5.65. The average molecular weight is 393 g/mol. The molecule has 0 spiro atoms. The zero-order chi connectivity index (χ0) is 20.4. The van der Waals surface area contributed by atoms with Crippen molar-refractivity contribution in [2.75, 3.05) is 6.54 Å². The Morgan fingerprint density at radius 1 is 1.10 bits per heavy atom. The van der Waals surface area contributed by atoms with Crippen molar-refractivity contribution in [2.45, 2.75) is 57.0 Å². The van der Waals surface area contributed by atoms with Gasteiger partial charge < -0.3 is 10.6 Å². The van der Waals surface area contributed by atoms with Crippen molar-refractivity contribution in [3.8, 4) is 0 Å². The number of carbonyl (C=O) groups excluding carboxylic acids is 3. The third-order valence-corrected chi connectivity index (χ3v) is 6.14. The zero-order valence-corrected chi connectivity index (χ0v) is 16.7. The number of benzene rings is 2. The maximum atomic E-state index is 13.2. The molecular weight excluding hydrogens is 366 g/mol. The molecule has 0 unspecified atom stereocenters. The first-order chi connectivity index (χ1) is 14.0. The van der Waals surface area contributed by atoms with Gasteiger partial charge in [0.05, 0.1) is 0 Å². The van der Waals surface area contributed by atoms with Gasteiger partial charge >= 0.3 is 6.03 Å². The van der Waals surface area contributed by atoms with Crippen LogP contribution in [0.4, 0.5) is 4.79 Å². The Hall–Kier alpha value is -2.89. The van der Waals surface area contributed by atoms with Crippen molar-refractivity contribution < 1.29 is 14.4 Å². The molecule has 4 rings (SSSR count). The van der Waals surface area contributed by atoms with Gasteiger partial charge in [0.2, 0.25) is 5.91 Å². The molecule has 2 N–H and O–H groups in total. The molecule has 1 saturated carbocycles. The highest BCUT2D eigenvalue weighted by molar-refractivity contribution is 6.09.